The predicted octanol–water partition coefficient (Wildman–Crippen LogP) is 0.982. The van der Waals surface area contributed by atoms with Crippen molar-refractivity contribution in [3.63, 3.8) is 0 Å². The molecule has 1 heterocycles. The molecular formula is C10H19NO2. The van der Waals surface area contributed by atoms with Crippen molar-refractivity contribution in [3.05, 3.63) is 0 Å². The summed E-state index contributed by atoms with van der Waals surface area (Å²) in [7, 11) is 0. The molecule has 3 heteroatoms. The topological polar surface area (TPSA) is 38.3 Å². The first-order valence-corrected chi connectivity index (χ1v) is 5.07. The quantitative estimate of drug-likeness (QED) is 0.649. The number of hydrogen-bond donors (Lipinski definition) is 1. The summed E-state index contributed by atoms with van der Waals surface area (Å²) >= 11 is 0. The Morgan fingerprint density at radius 2 is 2.46 bits per heavy atom. The molecule has 1 rings (SSSR count). The van der Waals surface area contributed by atoms with E-state index in [0.29, 0.717) is 18.9 Å². The van der Waals surface area contributed by atoms with E-state index in [-0.39, 0.29) is 5.78 Å². The van der Waals surface area contributed by atoms with Crippen LogP contribution in [0.4, 0.5) is 0 Å². The average Bonchev–Trinajstić information content (AvgIpc) is 2.14. The van der Waals surface area contributed by atoms with Gasteiger partial charge in [0.25, 0.3) is 0 Å². The zero-order chi connectivity index (χ0) is 9.52. The summed E-state index contributed by atoms with van der Waals surface area (Å²) < 4.78 is 5.42. The van der Waals surface area contributed by atoms with Crippen LogP contribution in [0.1, 0.15) is 26.2 Å². The maximum atomic E-state index is 10.6. The van der Waals surface area contributed by atoms with E-state index in [2.05, 4.69) is 5.32 Å². The van der Waals surface area contributed by atoms with Crippen LogP contribution in [-0.2, 0) is 9.53 Å². The van der Waals surface area contributed by atoms with E-state index < -0.39 is 0 Å². The Labute approximate surface area is 79.8 Å². The summed E-state index contributed by atoms with van der Waals surface area (Å²) in [4.78, 5) is 10.6. The third-order valence-corrected chi connectivity index (χ3v) is 2.35. The van der Waals surface area contributed by atoms with Gasteiger partial charge in [0.1, 0.15) is 5.78 Å². The first kappa shape index (κ1) is 10.7. The van der Waals surface area contributed by atoms with Crippen molar-refractivity contribution in [2.24, 2.45) is 5.92 Å². The van der Waals surface area contributed by atoms with Gasteiger partial charge in [-0.05, 0) is 32.2 Å². The second-order valence-electron chi connectivity index (χ2n) is 3.74. The summed E-state index contributed by atoms with van der Waals surface area (Å²) in [6.45, 7) is 5.21. The van der Waals surface area contributed by atoms with Crippen LogP contribution in [0.3, 0.4) is 0 Å². The summed E-state index contributed by atoms with van der Waals surface area (Å²) in [5.74, 6) is 0.863. The molecule has 0 aromatic rings. The maximum Gasteiger partial charge on any atom is 0.132 e. The van der Waals surface area contributed by atoms with Crippen LogP contribution in [0.2, 0.25) is 0 Å². The van der Waals surface area contributed by atoms with Crippen LogP contribution < -0.4 is 5.32 Å². The highest BCUT2D eigenvalue weighted by atomic mass is 16.5. The van der Waals surface area contributed by atoms with E-state index in [4.69, 9.17) is 4.74 Å². The van der Waals surface area contributed by atoms with Gasteiger partial charge in [-0.1, -0.05) is 0 Å². The molecule has 13 heavy (non-hydrogen) atoms. The molecule has 3 nitrogen and oxygen atoms in total. The van der Waals surface area contributed by atoms with Crippen LogP contribution in [0.25, 0.3) is 0 Å². The first-order valence-electron chi connectivity index (χ1n) is 5.07. The fraction of sp³-hybridized carbons (Fsp3) is 0.900. The highest BCUT2D eigenvalue weighted by Gasteiger charge is 2.12. The van der Waals surface area contributed by atoms with Crippen molar-refractivity contribution in [3.8, 4) is 0 Å². The van der Waals surface area contributed by atoms with Gasteiger partial charge in [0.15, 0.2) is 0 Å². The van der Waals surface area contributed by atoms with Gasteiger partial charge >= 0.3 is 0 Å². The third-order valence-electron chi connectivity index (χ3n) is 2.35. The molecule has 1 unspecified atom stereocenters. The minimum absolute atomic E-state index is 0.210. The zero-order valence-corrected chi connectivity index (χ0v) is 8.34. The standard InChI is InChI=1S/C10H19NO2/c1-9(12)4-6-13-8-10-3-2-5-11-7-10/h10-11H,2-8H2,1H3. The fourth-order valence-corrected chi connectivity index (χ4v) is 1.53. The van der Waals surface area contributed by atoms with Gasteiger partial charge in [-0.3, -0.25) is 4.79 Å². The molecule has 0 bridgehead atoms. The lowest BCUT2D eigenvalue weighted by molar-refractivity contribution is -0.118. The van der Waals surface area contributed by atoms with Crippen molar-refractivity contribution in [2.45, 2.75) is 26.2 Å². The summed E-state index contributed by atoms with van der Waals surface area (Å²) in [5, 5.41) is 3.34. The molecular weight excluding hydrogens is 166 g/mol. The van der Waals surface area contributed by atoms with E-state index in [1.165, 1.54) is 12.8 Å². The Hall–Kier alpha value is -0.410. The minimum atomic E-state index is 0.210. The number of nitrogens with one attached hydrogen (secondary N) is 1. The molecule has 0 aromatic heterocycles. The monoisotopic (exact) mass is 185 g/mol. The molecule has 0 amide bonds. The van der Waals surface area contributed by atoms with Gasteiger partial charge in [-0.2, -0.15) is 0 Å². The number of rotatable bonds is 5. The fourth-order valence-electron chi connectivity index (χ4n) is 1.53. The largest absolute Gasteiger partial charge is 0.381 e. The Morgan fingerprint density at radius 1 is 1.62 bits per heavy atom. The van der Waals surface area contributed by atoms with Crippen molar-refractivity contribution >= 4 is 5.78 Å². The zero-order valence-electron chi connectivity index (χ0n) is 8.34. The van der Waals surface area contributed by atoms with E-state index in [1.54, 1.807) is 6.92 Å². The molecule has 0 aliphatic carbocycles. The minimum Gasteiger partial charge on any atom is -0.381 e. The highest BCUT2D eigenvalue weighted by molar-refractivity contribution is 5.75. The number of carbonyl (C=O) groups is 1. The SMILES string of the molecule is CC(=O)CCOCC1CCCNC1. The van der Waals surface area contributed by atoms with Gasteiger partial charge < -0.3 is 10.1 Å². The van der Waals surface area contributed by atoms with E-state index in [1.807, 2.05) is 0 Å². The van der Waals surface area contributed by atoms with Crippen molar-refractivity contribution in [1.29, 1.82) is 0 Å². The maximum absolute atomic E-state index is 10.6. The molecule has 1 fully saturated rings. The lowest BCUT2D eigenvalue weighted by Gasteiger charge is -2.22. The summed E-state index contributed by atoms with van der Waals surface area (Å²) in [6, 6.07) is 0. The molecule has 76 valence electrons. The van der Waals surface area contributed by atoms with Crippen LogP contribution in [0.15, 0.2) is 0 Å². The van der Waals surface area contributed by atoms with Crippen molar-refractivity contribution < 1.29 is 9.53 Å². The second kappa shape index (κ2) is 6.11. The van der Waals surface area contributed by atoms with Crippen LogP contribution in [0, 0.1) is 5.92 Å². The third kappa shape index (κ3) is 5.01. The molecule has 0 aromatic carbocycles. The number of piperidine rings is 1. The molecule has 1 N–H and O–H groups in total. The Morgan fingerprint density at radius 3 is 3.08 bits per heavy atom. The molecule has 1 atom stereocenters. The smallest absolute Gasteiger partial charge is 0.132 e. The number of Topliss-reactive ketones (excluding diaryl/α,β-unsaturated/α-hetero) is 1. The van der Waals surface area contributed by atoms with Crippen LogP contribution in [-0.4, -0.2) is 32.1 Å². The van der Waals surface area contributed by atoms with Crippen molar-refractivity contribution in [1.82, 2.24) is 5.32 Å². The molecule has 1 saturated heterocycles. The number of ketones is 1. The van der Waals surface area contributed by atoms with E-state index in [9.17, 15) is 4.79 Å². The van der Waals surface area contributed by atoms with Gasteiger partial charge in [0, 0.05) is 13.0 Å². The number of carbonyl (C=O) groups excluding carboxylic acids is 1. The number of hydrogen-bond acceptors (Lipinski definition) is 3. The Kier molecular flexibility index (Phi) is 5.01. The average molecular weight is 185 g/mol. The first-order chi connectivity index (χ1) is 6.29. The predicted molar refractivity (Wildman–Crippen MR) is 51.7 cm³/mol. The van der Waals surface area contributed by atoms with Gasteiger partial charge in [-0.25, -0.2) is 0 Å². The lowest BCUT2D eigenvalue weighted by atomic mass is 10.0. The summed E-state index contributed by atoms with van der Waals surface area (Å²) in [6.07, 6.45) is 3.06. The Bertz CT molecular complexity index is 153. The highest BCUT2D eigenvalue weighted by Crippen LogP contribution is 2.09. The Balaban J connectivity index is 1.95. The summed E-state index contributed by atoms with van der Waals surface area (Å²) in [5.41, 5.74) is 0. The lowest BCUT2D eigenvalue weighted by Crippen LogP contribution is -2.32. The van der Waals surface area contributed by atoms with Gasteiger partial charge in [0.05, 0.1) is 13.2 Å². The molecule has 1 aliphatic rings. The van der Waals surface area contributed by atoms with Crippen molar-refractivity contribution in [2.75, 3.05) is 26.3 Å². The van der Waals surface area contributed by atoms with Crippen LogP contribution in [0.5, 0.6) is 0 Å². The molecule has 1 aliphatic heterocycles. The van der Waals surface area contributed by atoms with Crippen LogP contribution >= 0.6 is 0 Å². The second-order valence-corrected chi connectivity index (χ2v) is 3.74. The van der Waals surface area contributed by atoms with Gasteiger partial charge in [0.2, 0.25) is 0 Å². The van der Waals surface area contributed by atoms with Gasteiger partial charge in [-0.15, -0.1) is 0 Å². The molecule has 0 spiro atoms. The number of ether oxygens (including phenoxy) is 1. The molecule has 0 radical (unpaired) electrons. The normalized spacial score (nSPS) is 23.0. The van der Waals surface area contributed by atoms with E-state index in [0.717, 1.165) is 19.7 Å². The molecule has 0 saturated carbocycles. The van der Waals surface area contributed by atoms with E-state index >= 15 is 0 Å².